The molecule has 1 aliphatic carbocycles. The maximum atomic E-state index is 6.72. The van der Waals surface area contributed by atoms with Gasteiger partial charge in [-0.25, -0.2) is 10.0 Å². The van der Waals surface area contributed by atoms with E-state index in [0.717, 1.165) is 23.2 Å². The van der Waals surface area contributed by atoms with Crippen LogP contribution in [-0.4, -0.2) is 23.3 Å². The SMILES string of the molecule is CC1C=Cc2c(c3ccc(-c4cccc5c4oc4c(S(C)(C)C)cccc45)cc3n2-c2ccccc2)C1. The molecule has 37 heavy (non-hydrogen) atoms. The topological polar surface area (TPSA) is 18.1 Å². The van der Waals surface area contributed by atoms with Crippen LogP contribution in [0.2, 0.25) is 0 Å². The maximum Gasteiger partial charge on any atom is 0.147 e. The third-order valence-corrected chi connectivity index (χ3v) is 9.34. The van der Waals surface area contributed by atoms with Gasteiger partial charge in [0.1, 0.15) is 11.2 Å². The molecule has 3 heteroatoms. The van der Waals surface area contributed by atoms with Gasteiger partial charge in [0.2, 0.25) is 0 Å². The summed E-state index contributed by atoms with van der Waals surface area (Å²) in [5.41, 5.74) is 9.54. The van der Waals surface area contributed by atoms with Crippen molar-refractivity contribution in [3.05, 3.63) is 102 Å². The lowest BCUT2D eigenvalue weighted by atomic mass is 9.92. The zero-order chi connectivity index (χ0) is 25.3. The standard InChI is InChI=1S/C34H31NOS/c1-22-16-19-30-29(20-22)26-18-17-23(21-31(26)35(30)24-10-6-5-7-11-24)25-12-8-13-27-28-14-9-15-32(37(2,3)4)34(28)36-33(25)27/h5-19,21-22H,20H2,1-4H3. The van der Waals surface area contributed by atoms with E-state index in [2.05, 4.69) is 127 Å². The fourth-order valence-electron chi connectivity index (χ4n) is 5.94. The molecule has 1 atom stereocenters. The monoisotopic (exact) mass is 501 g/mol. The average molecular weight is 502 g/mol. The van der Waals surface area contributed by atoms with Crippen LogP contribution in [0.15, 0.2) is 100 Å². The molecule has 2 nitrogen and oxygen atoms in total. The molecule has 0 aliphatic heterocycles. The Morgan fingerprint density at radius 1 is 0.784 bits per heavy atom. The van der Waals surface area contributed by atoms with Crippen LogP contribution in [-0.2, 0) is 6.42 Å². The number of aromatic nitrogens is 1. The van der Waals surface area contributed by atoms with Gasteiger partial charge < -0.3 is 8.98 Å². The Labute approximate surface area is 219 Å². The fourth-order valence-corrected chi connectivity index (χ4v) is 7.13. The van der Waals surface area contributed by atoms with Crippen molar-refractivity contribution in [1.82, 2.24) is 4.57 Å². The van der Waals surface area contributed by atoms with Gasteiger partial charge in [-0.3, -0.25) is 0 Å². The number of hydrogen-bond donors (Lipinski definition) is 0. The van der Waals surface area contributed by atoms with Crippen LogP contribution in [0.5, 0.6) is 0 Å². The minimum Gasteiger partial charge on any atom is -0.454 e. The molecule has 0 amide bonds. The number of para-hydroxylation sites is 3. The van der Waals surface area contributed by atoms with Gasteiger partial charge in [0.05, 0.1) is 5.52 Å². The van der Waals surface area contributed by atoms with Gasteiger partial charge in [-0.2, -0.15) is 0 Å². The second-order valence-electron chi connectivity index (χ2n) is 11.1. The Kier molecular flexibility index (Phi) is 4.96. The van der Waals surface area contributed by atoms with Gasteiger partial charge in [0.25, 0.3) is 0 Å². The zero-order valence-corrected chi connectivity index (χ0v) is 22.6. The number of hydrogen-bond acceptors (Lipinski definition) is 1. The van der Waals surface area contributed by atoms with Crippen molar-refractivity contribution in [2.75, 3.05) is 18.8 Å². The van der Waals surface area contributed by atoms with Crippen LogP contribution in [0.4, 0.5) is 0 Å². The van der Waals surface area contributed by atoms with Crippen molar-refractivity contribution in [3.8, 4) is 16.8 Å². The smallest absolute Gasteiger partial charge is 0.147 e. The van der Waals surface area contributed by atoms with Gasteiger partial charge in [-0.1, -0.05) is 73.7 Å². The molecule has 0 saturated heterocycles. The highest BCUT2D eigenvalue weighted by Gasteiger charge is 2.23. The van der Waals surface area contributed by atoms with Crippen molar-refractivity contribution in [2.45, 2.75) is 18.2 Å². The Bertz CT molecular complexity index is 1850. The summed E-state index contributed by atoms with van der Waals surface area (Å²) in [5, 5.41) is 3.74. The predicted octanol–water partition coefficient (Wildman–Crippen LogP) is 9.46. The second-order valence-corrected chi connectivity index (χ2v) is 15.2. The molecule has 7 rings (SSSR count). The molecular weight excluding hydrogens is 470 g/mol. The molecule has 0 fully saturated rings. The van der Waals surface area contributed by atoms with Gasteiger partial charge in [0.15, 0.2) is 0 Å². The molecule has 184 valence electrons. The van der Waals surface area contributed by atoms with Gasteiger partial charge >= 0.3 is 0 Å². The lowest BCUT2D eigenvalue weighted by Gasteiger charge is -2.25. The first-order valence-electron chi connectivity index (χ1n) is 12.9. The second kappa shape index (κ2) is 8.16. The number of fused-ring (bicyclic) bond motifs is 6. The summed E-state index contributed by atoms with van der Waals surface area (Å²) in [4.78, 5) is 1.33. The molecule has 0 spiro atoms. The van der Waals surface area contributed by atoms with E-state index in [0.29, 0.717) is 5.92 Å². The average Bonchev–Trinajstić information content (AvgIpc) is 3.43. The zero-order valence-electron chi connectivity index (χ0n) is 21.8. The minimum atomic E-state index is -0.930. The van der Waals surface area contributed by atoms with Gasteiger partial charge in [0, 0.05) is 38.0 Å². The first-order chi connectivity index (χ1) is 17.9. The fraction of sp³-hybridized carbons (Fsp3) is 0.176. The molecule has 1 aliphatic rings. The lowest BCUT2D eigenvalue weighted by molar-refractivity contribution is 0.661. The first-order valence-corrected chi connectivity index (χ1v) is 15.8. The third-order valence-electron chi connectivity index (χ3n) is 7.70. The summed E-state index contributed by atoms with van der Waals surface area (Å²) >= 11 is 0. The van der Waals surface area contributed by atoms with Crippen LogP contribution in [0.3, 0.4) is 0 Å². The van der Waals surface area contributed by atoms with Crippen molar-refractivity contribution in [3.63, 3.8) is 0 Å². The summed E-state index contributed by atoms with van der Waals surface area (Å²) in [6.07, 6.45) is 12.7. The van der Waals surface area contributed by atoms with Gasteiger partial charge in [-0.15, -0.1) is 0 Å². The largest absolute Gasteiger partial charge is 0.454 e. The van der Waals surface area contributed by atoms with E-state index in [1.54, 1.807) is 0 Å². The number of allylic oxidation sites excluding steroid dienone is 1. The molecule has 0 saturated carbocycles. The van der Waals surface area contributed by atoms with E-state index >= 15 is 0 Å². The van der Waals surface area contributed by atoms with Crippen molar-refractivity contribution in [1.29, 1.82) is 0 Å². The van der Waals surface area contributed by atoms with E-state index in [4.69, 9.17) is 4.42 Å². The summed E-state index contributed by atoms with van der Waals surface area (Å²) in [7, 11) is -0.930. The molecule has 2 aromatic heterocycles. The molecule has 0 bridgehead atoms. The lowest BCUT2D eigenvalue weighted by Crippen LogP contribution is -2.05. The van der Waals surface area contributed by atoms with E-state index in [1.165, 1.54) is 49.1 Å². The van der Waals surface area contributed by atoms with Crippen molar-refractivity contribution < 1.29 is 4.42 Å². The molecule has 0 radical (unpaired) electrons. The summed E-state index contributed by atoms with van der Waals surface area (Å²) in [5.74, 6) is 0.547. The highest BCUT2D eigenvalue weighted by Crippen LogP contribution is 2.50. The Morgan fingerprint density at radius 2 is 1.54 bits per heavy atom. The quantitative estimate of drug-likeness (QED) is 0.236. The number of rotatable bonds is 3. The molecular formula is C34H31NOS. The first kappa shape index (κ1) is 22.5. The predicted molar refractivity (Wildman–Crippen MR) is 162 cm³/mol. The van der Waals surface area contributed by atoms with E-state index in [1.807, 2.05) is 0 Å². The highest BCUT2D eigenvalue weighted by molar-refractivity contribution is 8.32. The van der Waals surface area contributed by atoms with Crippen LogP contribution in [0.1, 0.15) is 18.2 Å². The summed E-state index contributed by atoms with van der Waals surface area (Å²) in [6.45, 7) is 2.30. The Balaban J connectivity index is 1.51. The maximum absolute atomic E-state index is 6.72. The van der Waals surface area contributed by atoms with Crippen molar-refractivity contribution >= 4 is 48.9 Å². The van der Waals surface area contributed by atoms with E-state index in [9.17, 15) is 0 Å². The van der Waals surface area contributed by atoms with E-state index < -0.39 is 10.0 Å². The van der Waals surface area contributed by atoms with Crippen molar-refractivity contribution in [2.24, 2.45) is 5.92 Å². The summed E-state index contributed by atoms with van der Waals surface area (Å²) < 4.78 is 9.15. The highest BCUT2D eigenvalue weighted by atomic mass is 32.3. The van der Waals surface area contributed by atoms with E-state index in [-0.39, 0.29) is 0 Å². The Hall–Kier alpha value is -3.69. The number of furan rings is 1. The summed E-state index contributed by atoms with van der Waals surface area (Å²) in [6, 6.07) is 30.9. The van der Waals surface area contributed by atoms with Crippen LogP contribution >= 0.6 is 10.0 Å². The van der Waals surface area contributed by atoms with Gasteiger partial charge in [-0.05, 0) is 72.6 Å². The van der Waals surface area contributed by atoms with Crippen LogP contribution in [0.25, 0.3) is 55.7 Å². The molecule has 1 unspecified atom stereocenters. The minimum absolute atomic E-state index is 0.547. The molecule has 2 heterocycles. The Morgan fingerprint density at radius 3 is 2.32 bits per heavy atom. The number of nitrogens with zero attached hydrogens (tertiary/aromatic N) is 1. The van der Waals surface area contributed by atoms with Crippen LogP contribution in [0, 0.1) is 5.92 Å². The third kappa shape index (κ3) is 3.48. The number of benzene rings is 4. The molecule has 4 aromatic carbocycles. The normalized spacial score (nSPS) is 16.1. The molecule has 0 N–H and O–H groups in total. The molecule has 6 aromatic rings. The van der Waals surface area contributed by atoms with Crippen LogP contribution < -0.4 is 0 Å².